The van der Waals surface area contributed by atoms with Gasteiger partial charge >= 0.3 is 11.9 Å². The lowest BCUT2D eigenvalue weighted by atomic mass is 10.2. The standard InChI is InChI=1S/C15H27NO4/c1-5-6-7-8-9-10-15(19)20-13(11-14(17)18)12-16(2,3)4/h9-10,13H,5-8,11-12H2,1-4H3/p+1. The molecule has 0 aromatic heterocycles. The molecule has 1 N–H and O–H groups in total. The molecule has 20 heavy (non-hydrogen) atoms. The van der Waals surface area contributed by atoms with Gasteiger partial charge in [0.15, 0.2) is 6.10 Å². The summed E-state index contributed by atoms with van der Waals surface area (Å²) < 4.78 is 5.77. The highest BCUT2D eigenvalue weighted by molar-refractivity contribution is 5.82. The molecule has 0 saturated carbocycles. The van der Waals surface area contributed by atoms with Crippen molar-refractivity contribution in [2.45, 2.75) is 45.1 Å². The number of allylic oxidation sites excluding steroid dienone is 1. The lowest BCUT2D eigenvalue weighted by Gasteiger charge is -2.28. The van der Waals surface area contributed by atoms with Crippen LogP contribution in [0.4, 0.5) is 0 Å². The normalized spacial score (nSPS) is 13.4. The molecule has 0 aliphatic carbocycles. The highest BCUT2D eigenvalue weighted by Gasteiger charge is 2.23. The van der Waals surface area contributed by atoms with Gasteiger partial charge in [0.1, 0.15) is 6.54 Å². The summed E-state index contributed by atoms with van der Waals surface area (Å²) in [7, 11) is 5.80. The zero-order valence-electron chi connectivity index (χ0n) is 13.1. The van der Waals surface area contributed by atoms with Gasteiger partial charge in [-0.05, 0) is 12.8 Å². The fourth-order valence-electron chi connectivity index (χ4n) is 1.84. The number of carboxylic acid groups (broad SMARTS) is 1. The molecule has 116 valence electrons. The molecular weight excluding hydrogens is 258 g/mol. The first-order valence-electron chi connectivity index (χ1n) is 7.14. The molecule has 0 radical (unpaired) electrons. The molecule has 0 fully saturated rings. The molecule has 0 rings (SSSR count). The summed E-state index contributed by atoms with van der Waals surface area (Å²) in [6.45, 7) is 2.60. The number of carbonyl (C=O) groups excluding carboxylic acids is 1. The van der Waals surface area contributed by atoms with Crippen molar-refractivity contribution in [1.82, 2.24) is 0 Å². The van der Waals surface area contributed by atoms with E-state index in [1.54, 1.807) is 6.08 Å². The third-order valence-corrected chi connectivity index (χ3v) is 2.66. The lowest BCUT2D eigenvalue weighted by molar-refractivity contribution is -0.873. The molecule has 5 nitrogen and oxygen atoms in total. The fourth-order valence-corrected chi connectivity index (χ4v) is 1.84. The molecule has 0 aromatic rings. The molecule has 1 atom stereocenters. The van der Waals surface area contributed by atoms with E-state index >= 15 is 0 Å². The number of rotatable bonds is 10. The van der Waals surface area contributed by atoms with Crippen LogP contribution in [0.5, 0.6) is 0 Å². The first-order chi connectivity index (χ1) is 9.24. The maximum absolute atomic E-state index is 11.6. The number of aliphatic carboxylic acids is 1. The molecule has 0 bridgehead atoms. The minimum atomic E-state index is -0.955. The van der Waals surface area contributed by atoms with Crippen molar-refractivity contribution in [2.75, 3.05) is 27.7 Å². The van der Waals surface area contributed by atoms with Gasteiger partial charge in [-0.15, -0.1) is 0 Å². The van der Waals surface area contributed by atoms with Gasteiger partial charge in [-0.2, -0.15) is 0 Å². The first-order valence-corrected chi connectivity index (χ1v) is 7.14. The summed E-state index contributed by atoms with van der Waals surface area (Å²) in [5.74, 6) is -1.41. The van der Waals surface area contributed by atoms with Crippen molar-refractivity contribution in [1.29, 1.82) is 0 Å². The smallest absolute Gasteiger partial charge is 0.330 e. The molecule has 0 aliphatic heterocycles. The summed E-state index contributed by atoms with van der Waals surface area (Å²) in [6, 6.07) is 0. The quantitative estimate of drug-likeness (QED) is 0.289. The zero-order valence-corrected chi connectivity index (χ0v) is 13.1. The number of quaternary nitrogens is 1. The lowest BCUT2D eigenvalue weighted by Crippen LogP contribution is -2.43. The average molecular weight is 286 g/mol. The topological polar surface area (TPSA) is 63.6 Å². The van der Waals surface area contributed by atoms with Gasteiger partial charge in [0.2, 0.25) is 0 Å². The molecule has 0 spiro atoms. The predicted molar refractivity (Wildman–Crippen MR) is 78.3 cm³/mol. The van der Waals surface area contributed by atoms with E-state index in [2.05, 4.69) is 6.92 Å². The Bertz CT molecular complexity index is 331. The van der Waals surface area contributed by atoms with Gasteiger partial charge in [-0.3, -0.25) is 4.79 Å². The number of likely N-dealkylation sites (N-methyl/N-ethyl adjacent to an activating group) is 1. The Hall–Kier alpha value is -1.36. The van der Waals surface area contributed by atoms with Gasteiger partial charge in [0, 0.05) is 6.08 Å². The van der Waals surface area contributed by atoms with Crippen LogP contribution in [0.15, 0.2) is 12.2 Å². The Morgan fingerprint density at radius 1 is 1.25 bits per heavy atom. The van der Waals surface area contributed by atoms with E-state index in [-0.39, 0.29) is 6.42 Å². The number of carbonyl (C=O) groups is 2. The van der Waals surface area contributed by atoms with Gasteiger partial charge in [0.25, 0.3) is 0 Å². The summed E-state index contributed by atoms with van der Waals surface area (Å²) in [5.41, 5.74) is 0. The summed E-state index contributed by atoms with van der Waals surface area (Å²) in [6.07, 6.45) is 6.62. The SMILES string of the molecule is CCCCCC=CC(=O)OC(CC(=O)O)C[N+](C)(C)C. The predicted octanol–water partition coefficient (Wildman–Crippen LogP) is 2.22. The van der Waals surface area contributed by atoms with Crippen LogP contribution in [-0.4, -0.2) is 55.3 Å². The summed E-state index contributed by atoms with van der Waals surface area (Å²) in [4.78, 5) is 22.4. The molecule has 5 heteroatoms. The van der Waals surface area contributed by atoms with Crippen molar-refractivity contribution in [3.8, 4) is 0 Å². The van der Waals surface area contributed by atoms with Gasteiger partial charge < -0.3 is 14.3 Å². The Balaban J connectivity index is 4.27. The molecule has 0 amide bonds. The monoisotopic (exact) mass is 286 g/mol. The van der Waals surface area contributed by atoms with E-state index in [0.29, 0.717) is 11.0 Å². The molecule has 0 saturated heterocycles. The van der Waals surface area contributed by atoms with Gasteiger partial charge in [0.05, 0.1) is 27.6 Å². The third kappa shape index (κ3) is 11.7. The maximum Gasteiger partial charge on any atom is 0.330 e. The second kappa shape index (κ2) is 9.53. The number of carboxylic acids is 1. The first kappa shape index (κ1) is 18.6. The van der Waals surface area contributed by atoms with Crippen LogP contribution in [0.1, 0.15) is 39.0 Å². The minimum Gasteiger partial charge on any atom is -0.481 e. The van der Waals surface area contributed by atoms with E-state index in [4.69, 9.17) is 9.84 Å². The number of hydrogen-bond acceptors (Lipinski definition) is 3. The third-order valence-electron chi connectivity index (χ3n) is 2.66. The second-order valence-corrected chi connectivity index (χ2v) is 6.03. The van der Waals surface area contributed by atoms with Crippen LogP contribution < -0.4 is 0 Å². The number of ether oxygens (including phenoxy) is 1. The summed E-state index contributed by atoms with van der Waals surface area (Å²) >= 11 is 0. The van der Waals surface area contributed by atoms with Crippen LogP contribution in [0.25, 0.3) is 0 Å². The van der Waals surface area contributed by atoms with Crippen molar-refractivity contribution >= 4 is 11.9 Å². The Labute approximate surface area is 121 Å². The average Bonchev–Trinajstić information content (AvgIpc) is 2.25. The van der Waals surface area contributed by atoms with Crippen molar-refractivity contribution in [2.24, 2.45) is 0 Å². The van der Waals surface area contributed by atoms with Crippen LogP contribution in [0.3, 0.4) is 0 Å². The minimum absolute atomic E-state index is 0.162. The van der Waals surface area contributed by atoms with Gasteiger partial charge in [-0.1, -0.05) is 25.8 Å². The molecule has 1 unspecified atom stereocenters. The van der Waals surface area contributed by atoms with E-state index in [9.17, 15) is 9.59 Å². The molecule has 0 aliphatic rings. The Morgan fingerprint density at radius 2 is 1.90 bits per heavy atom. The Kier molecular flexibility index (Phi) is 8.88. The summed E-state index contributed by atoms with van der Waals surface area (Å²) in [5, 5.41) is 8.85. The largest absolute Gasteiger partial charge is 0.481 e. The van der Waals surface area contributed by atoms with Crippen molar-refractivity contribution < 1.29 is 23.9 Å². The Morgan fingerprint density at radius 3 is 2.40 bits per heavy atom. The van der Waals surface area contributed by atoms with Crippen LogP contribution in [0.2, 0.25) is 0 Å². The van der Waals surface area contributed by atoms with Gasteiger partial charge in [-0.25, -0.2) is 4.79 Å². The number of unbranched alkanes of at least 4 members (excludes halogenated alkanes) is 3. The van der Waals surface area contributed by atoms with Crippen LogP contribution in [0, 0.1) is 0 Å². The van der Waals surface area contributed by atoms with Crippen LogP contribution in [-0.2, 0) is 14.3 Å². The van der Waals surface area contributed by atoms with E-state index in [1.807, 2.05) is 21.1 Å². The highest BCUT2D eigenvalue weighted by Crippen LogP contribution is 2.06. The number of hydrogen-bond donors (Lipinski definition) is 1. The van der Waals surface area contributed by atoms with Crippen molar-refractivity contribution in [3.63, 3.8) is 0 Å². The van der Waals surface area contributed by atoms with Crippen LogP contribution >= 0.6 is 0 Å². The zero-order chi connectivity index (χ0) is 15.6. The fraction of sp³-hybridized carbons (Fsp3) is 0.733. The number of esters is 1. The van der Waals surface area contributed by atoms with Crippen molar-refractivity contribution in [3.05, 3.63) is 12.2 Å². The van der Waals surface area contributed by atoms with E-state index in [1.165, 1.54) is 6.08 Å². The second-order valence-electron chi connectivity index (χ2n) is 6.03. The molecular formula is C15H28NO4+. The molecule has 0 aromatic carbocycles. The van der Waals surface area contributed by atoms with E-state index < -0.39 is 18.0 Å². The van der Waals surface area contributed by atoms with E-state index in [0.717, 1.165) is 25.7 Å². The highest BCUT2D eigenvalue weighted by atomic mass is 16.5. The number of nitrogens with zero attached hydrogens (tertiary/aromatic N) is 1. The molecule has 0 heterocycles. The maximum atomic E-state index is 11.6.